The van der Waals surface area contributed by atoms with Gasteiger partial charge in [-0.05, 0) is 61.8 Å². The molecular weight excluding hydrogens is 367 g/mol. The number of pyridine rings is 1. The molecule has 0 spiro atoms. The van der Waals surface area contributed by atoms with Crippen LogP contribution >= 0.6 is 0 Å². The highest BCUT2D eigenvalue weighted by atomic mass is 19.1. The van der Waals surface area contributed by atoms with E-state index in [0.717, 1.165) is 47.6 Å². The molecule has 3 heterocycles. The minimum Gasteiger partial charge on any atom is -0.383 e. The van der Waals surface area contributed by atoms with Crippen molar-refractivity contribution in [2.45, 2.75) is 38.1 Å². The molecule has 0 bridgehead atoms. The Bertz CT molecular complexity index is 1200. The number of anilines is 2. The Hall–Kier alpha value is -3.22. The molecular formula is C22H23FN6. The summed E-state index contributed by atoms with van der Waals surface area (Å²) in [6.45, 7) is 0. The number of nitrogens with two attached hydrogens (primary N) is 2. The summed E-state index contributed by atoms with van der Waals surface area (Å²) in [5.74, 6) is 0.691. The zero-order valence-electron chi connectivity index (χ0n) is 16.1. The van der Waals surface area contributed by atoms with Gasteiger partial charge in [-0.2, -0.15) is 0 Å². The molecule has 2 unspecified atom stereocenters. The molecule has 4 aromatic rings. The Morgan fingerprint density at radius 1 is 1.07 bits per heavy atom. The van der Waals surface area contributed by atoms with Crippen molar-refractivity contribution >= 4 is 33.6 Å². The van der Waals surface area contributed by atoms with Gasteiger partial charge in [0.2, 0.25) is 0 Å². The first-order chi connectivity index (χ1) is 14.1. The highest BCUT2D eigenvalue weighted by molar-refractivity contribution is 5.86. The highest BCUT2D eigenvalue weighted by Gasteiger charge is 2.27. The number of halogens is 1. The molecule has 1 saturated carbocycles. The first-order valence-corrected chi connectivity index (χ1v) is 10.00. The van der Waals surface area contributed by atoms with Crippen LogP contribution in [0.4, 0.5) is 16.0 Å². The molecule has 2 atom stereocenters. The van der Waals surface area contributed by atoms with Gasteiger partial charge in [-0.25, -0.2) is 19.3 Å². The lowest BCUT2D eigenvalue weighted by molar-refractivity contribution is 0.461. The van der Waals surface area contributed by atoms with Crippen LogP contribution in [0.1, 0.15) is 37.3 Å². The number of nitrogens with zero attached hydrogens (tertiary/aromatic N) is 4. The second-order valence-corrected chi connectivity index (χ2v) is 7.97. The van der Waals surface area contributed by atoms with E-state index < -0.39 is 5.82 Å². The molecule has 0 aliphatic heterocycles. The number of benzene rings is 1. The Morgan fingerprint density at radius 3 is 2.86 bits per heavy atom. The van der Waals surface area contributed by atoms with Gasteiger partial charge in [0, 0.05) is 17.6 Å². The maximum Gasteiger partial charge on any atom is 0.165 e. The summed E-state index contributed by atoms with van der Waals surface area (Å²) in [5.41, 5.74) is 14.5. The van der Waals surface area contributed by atoms with E-state index >= 15 is 0 Å². The zero-order valence-corrected chi connectivity index (χ0v) is 16.1. The van der Waals surface area contributed by atoms with Crippen molar-refractivity contribution in [2.24, 2.45) is 5.92 Å². The zero-order chi connectivity index (χ0) is 20.0. The highest BCUT2D eigenvalue weighted by Crippen LogP contribution is 2.39. The van der Waals surface area contributed by atoms with Crippen molar-refractivity contribution in [2.75, 3.05) is 11.5 Å². The standard InChI is InChI=1S/C22H23FN6/c23-18-11-15-5-3-14(10-19(15)28-21(18)25)2-1-13-4-6-16(9-13)29-8-7-17-20(24)26-12-27-22(17)29/h3,5,7-8,10-13,16H,1-2,4,6,9H2,(H2,25,28)(H2,24,26,27). The van der Waals surface area contributed by atoms with Crippen molar-refractivity contribution < 1.29 is 4.39 Å². The third kappa shape index (κ3) is 3.26. The van der Waals surface area contributed by atoms with Gasteiger partial charge in [-0.15, -0.1) is 0 Å². The number of hydrogen-bond acceptors (Lipinski definition) is 5. The molecule has 1 aromatic carbocycles. The molecule has 1 fully saturated rings. The second kappa shape index (κ2) is 6.99. The third-order valence-electron chi connectivity index (χ3n) is 6.15. The average molecular weight is 390 g/mol. The Kier molecular flexibility index (Phi) is 4.30. The summed E-state index contributed by atoms with van der Waals surface area (Å²) in [7, 11) is 0. The average Bonchev–Trinajstić information content (AvgIpc) is 3.35. The van der Waals surface area contributed by atoms with Gasteiger partial charge in [-0.1, -0.05) is 12.1 Å². The fourth-order valence-corrected chi connectivity index (χ4v) is 4.58. The number of aromatic nitrogens is 4. The van der Waals surface area contributed by atoms with E-state index in [0.29, 0.717) is 17.8 Å². The van der Waals surface area contributed by atoms with Gasteiger partial charge in [0.1, 0.15) is 17.8 Å². The lowest BCUT2D eigenvalue weighted by Gasteiger charge is -2.14. The number of hydrogen-bond donors (Lipinski definition) is 2. The first kappa shape index (κ1) is 17.8. The van der Waals surface area contributed by atoms with E-state index in [1.54, 1.807) is 0 Å². The number of rotatable bonds is 4. The van der Waals surface area contributed by atoms with E-state index in [9.17, 15) is 4.39 Å². The second-order valence-electron chi connectivity index (χ2n) is 7.97. The minimum atomic E-state index is -0.466. The molecule has 0 saturated heterocycles. The fourth-order valence-electron chi connectivity index (χ4n) is 4.58. The Labute approximate surface area is 167 Å². The lowest BCUT2D eigenvalue weighted by Crippen LogP contribution is -2.06. The Balaban J connectivity index is 1.27. The van der Waals surface area contributed by atoms with E-state index in [4.69, 9.17) is 11.5 Å². The monoisotopic (exact) mass is 390 g/mol. The van der Waals surface area contributed by atoms with Crippen LogP contribution in [0.2, 0.25) is 0 Å². The largest absolute Gasteiger partial charge is 0.383 e. The molecule has 6 nitrogen and oxygen atoms in total. The van der Waals surface area contributed by atoms with Gasteiger partial charge in [-0.3, -0.25) is 0 Å². The molecule has 0 radical (unpaired) electrons. The van der Waals surface area contributed by atoms with Crippen LogP contribution in [0.5, 0.6) is 0 Å². The molecule has 1 aliphatic carbocycles. The van der Waals surface area contributed by atoms with Crippen LogP contribution in [-0.2, 0) is 6.42 Å². The van der Waals surface area contributed by atoms with E-state index in [-0.39, 0.29) is 5.82 Å². The van der Waals surface area contributed by atoms with Crippen LogP contribution in [0, 0.1) is 11.7 Å². The van der Waals surface area contributed by atoms with Crippen LogP contribution in [0.3, 0.4) is 0 Å². The number of fused-ring (bicyclic) bond motifs is 2. The maximum atomic E-state index is 13.6. The van der Waals surface area contributed by atoms with Gasteiger partial charge < -0.3 is 16.0 Å². The SMILES string of the molecule is Nc1nc2cc(CCC3CCC(n4ccc5c(N)ncnc54)C3)ccc2cc1F. The normalized spacial score (nSPS) is 19.3. The predicted octanol–water partition coefficient (Wildman–Crippen LogP) is 4.26. The molecule has 3 aromatic heterocycles. The molecule has 4 N–H and O–H groups in total. The van der Waals surface area contributed by atoms with Crippen molar-refractivity contribution in [1.82, 2.24) is 19.5 Å². The topological polar surface area (TPSA) is 95.6 Å². The first-order valence-electron chi connectivity index (χ1n) is 10.00. The quantitative estimate of drug-likeness (QED) is 0.543. The van der Waals surface area contributed by atoms with Crippen molar-refractivity contribution in [3.8, 4) is 0 Å². The summed E-state index contributed by atoms with van der Waals surface area (Å²) in [5, 5.41) is 1.71. The third-order valence-corrected chi connectivity index (χ3v) is 6.15. The smallest absolute Gasteiger partial charge is 0.165 e. The number of nitrogen functional groups attached to an aromatic ring is 2. The van der Waals surface area contributed by atoms with Crippen LogP contribution in [0.25, 0.3) is 21.9 Å². The lowest BCUT2D eigenvalue weighted by atomic mass is 9.97. The van der Waals surface area contributed by atoms with Crippen molar-refractivity contribution in [1.29, 1.82) is 0 Å². The van der Waals surface area contributed by atoms with Crippen LogP contribution in [0.15, 0.2) is 42.9 Å². The minimum absolute atomic E-state index is 0.0447. The molecule has 5 rings (SSSR count). The Morgan fingerprint density at radius 2 is 1.97 bits per heavy atom. The summed E-state index contributed by atoms with van der Waals surface area (Å²) in [6, 6.07) is 9.91. The molecule has 7 heteroatoms. The van der Waals surface area contributed by atoms with Gasteiger partial charge in [0.25, 0.3) is 0 Å². The summed E-state index contributed by atoms with van der Waals surface area (Å²) >= 11 is 0. The predicted molar refractivity (Wildman–Crippen MR) is 113 cm³/mol. The molecule has 0 amide bonds. The van der Waals surface area contributed by atoms with Gasteiger partial charge in [0.05, 0.1) is 10.9 Å². The molecule has 1 aliphatic rings. The van der Waals surface area contributed by atoms with E-state index in [2.05, 4.69) is 31.8 Å². The molecule has 148 valence electrons. The fraction of sp³-hybridized carbons (Fsp3) is 0.318. The molecule has 29 heavy (non-hydrogen) atoms. The van der Waals surface area contributed by atoms with E-state index in [1.165, 1.54) is 24.4 Å². The van der Waals surface area contributed by atoms with Crippen LogP contribution < -0.4 is 11.5 Å². The summed E-state index contributed by atoms with van der Waals surface area (Å²) in [4.78, 5) is 12.7. The van der Waals surface area contributed by atoms with Crippen molar-refractivity contribution in [3.05, 3.63) is 54.2 Å². The summed E-state index contributed by atoms with van der Waals surface area (Å²) in [6.07, 6.45) is 9.21. The van der Waals surface area contributed by atoms with Crippen LogP contribution in [-0.4, -0.2) is 19.5 Å². The van der Waals surface area contributed by atoms with Gasteiger partial charge >= 0.3 is 0 Å². The van der Waals surface area contributed by atoms with E-state index in [1.807, 2.05) is 18.2 Å². The summed E-state index contributed by atoms with van der Waals surface area (Å²) < 4.78 is 15.8. The number of aryl methyl sites for hydroxylation is 1. The van der Waals surface area contributed by atoms with Crippen molar-refractivity contribution in [3.63, 3.8) is 0 Å². The maximum absolute atomic E-state index is 13.6. The van der Waals surface area contributed by atoms with Gasteiger partial charge in [0.15, 0.2) is 11.6 Å².